The molecule has 0 aromatic rings. The van der Waals surface area contributed by atoms with Crippen molar-refractivity contribution in [2.45, 2.75) is 44.9 Å². The molecule has 2 rings (SSSR count). The summed E-state index contributed by atoms with van der Waals surface area (Å²) in [6.45, 7) is 6.51. The van der Waals surface area contributed by atoms with Crippen molar-refractivity contribution in [2.24, 2.45) is 17.1 Å². The van der Waals surface area contributed by atoms with Crippen molar-refractivity contribution in [3.8, 4) is 0 Å². The first-order valence-corrected chi connectivity index (χ1v) is 6.18. The number of nitrogens with two attached hydrogens (primary N) is 1. The molecule has 1 aliphatic carbocycles. The third-order valence-electron chi connectivity index (χ3n) is 4.39. The van der Waals surface area contributed by atoms with Crippen LogP contribution in [0.25, 0.3) is 0 Å². The molecule has 0 bridgehead atoms. The van der Waals surface area contributed by atoms with Gasteiger partial charge in [-0.2, -0.15) is 0 Å². The fraction of sp³-hybridized carbons (Fsp3) is 0.917. The second-order valence-electron chi connectivity index (χ2n) is 5.84. The number of hydrogen-bond donors (Lipinski definition) is 3. The molecule has 0 aromatic carbocycles. The van der Waals surface area contributed by atoms with E-state index in [0.29, 0.717) is 6.61 Å². The molecule has 0 aromatic heterocycles. The Morgan fingerprint density at radius 2 is 2.29 bits per heavy atom. The van der Waals surface area contributed by atoms with Gasteiger partial charge in [0.1, 0.15) is 5.54 Å². The largest absolute Gasteiger partial charge is 0.392 e. The summed E-state index contributed by atoms with van der Waals surface area (Å²) >= 11 is 0. The lowest BCUT2D eigenvalue weighted by Crippen LogP contribution is -2.80. The molecule has 0 spiro atoms. The van der Waals surface area contributed by atoms with E-state index >= 15 is 0 Å². The molecular formula is C12H22N2O3. The van der Waals surface area contributed by atoms with Crippen molar-refractivity contribution >= 4 is 5.91 Å². The van der Waals surface area contributed by atoms with Crippen LogP contribution in [0.2, 0.25) is 0 Å². The number of nitrogens with one attached hydrogen (secondary N) is 1. The minimum absolute atomic E-state index is 0.0878. The summed E-state index contributed by atoms with van der Waals surface area (Å²) < 4.78 is 5.63. The molecule has 4 atom stereocenters. The van der Waals surface area contributed by atoms with E-state index in [-0.39, 0.29) is 29.9 Å². The highest BCUT2D eigenvalue weighted by Gasteiger charge is 2.71. The number of aliphatic hydroxyl groups is 1. The lowest BCUT2D eigenvalue weighted by molar-refractivity contribution is -0.175. The number of carbonyl (C=O) groups excluding carboxylic acids is 1. The van der Waals surface area contributed by atoms with Gasteiger partial charge >= 0.3 is 0 Å². The molecule has 1 amide bonds. The minimum Gasteiger partial charge on any atom is -0.392 e. The molecule has 3 unspecified atom stereocenters. The van der Waals surface area contributed by atoms with E-state index in [9.17, 15) is 9.90 Å². The fourth-order valence-corrected chi connectivity index (χ4v) is 3.23. The van der Waals surface area contributed by atoms with Gasteiger partial charge in [0.15, 0.2) is 0 Å². The van der Waals surface area contributed by atoms with E-state index in [1.807, 2.05) is 13.8 Å². The molecule has 98 valence electrons. The Hall–Kier alpha value is -0.650. The Bertz CT molecular complexity index is 330. The van der Waals surface area contributed by atoms with Gasteiger partial charge in [-0.25, -0.2) is 0 Å². The quantitative estimate of drug-likeness (QED) is 0.630. The van der Waals surface area contributed by atoms with E-state index in [0.717, 1.165) is 6.42 Å². The molecule has 0 radical (unpaired) electrons. The van der Waals surface area contributed by atoms with Crippen LogP contribution >= 0.6 is 0 Å². The average molecular weight is 242 g/mol. The zero-order valence-corrected chi connectivity index (χ0v) is 10.7. The van der Waals surface area contributed by atoms with Crippen molar-refractivity contribution in [3.05, 3.63) is 0 Å². The van der Waals surface area contributed by atoms with E-state index in [2.05, 4.69) is 5.32 Å². The van der Waals surface area contributed by atoms with Gasteiger partial charge in [0.05, 0.1) is 12.2 Å². The number of ether oxygens (including phenoxy) is 1. The standard InChI is InChI=1S/C12H22N2O3/c1-7(15)6-14-10(16)12(13)8-4-5-17-9(8)11(12,2)3/h7-9,15H,4-6,13H2,1-3H3,(H,14,16)/t7-,8?,9?,12?/m0/s1. The van der Waals surface area contributed by atoms with Crippen LogP contribution in [-0.2, 0) is 9.53 Å². The predicted octanol–water partition coefficient (Wildman–Crippen LogP) is -0.374. The molecule has 2 fully saturated rings. The highest BCUT2D eigenvalue weighted by Crippen LogP contribution is 2.58. The summed E-state index contributed by atoms with van der Waals surface area (Å²) in [6.07, 6.45) is 0.373. The van der Waals surface area contributed by atoms with Crippen LogP contribution in [0.15, 0.2) is 0 Å². The van der Waals surface area contributed by atoms with Crippen LogP contribution < -0.4 is 11.1 Å². The summed E-state index contributed by atoms with van der Waals surface area (Å²) in [5.74, 6) is -0.0679. The monoisotopic (exact) mass is 242 g/mol. The molecule has 17 heavy (non-hydrogen) atoms. The second-order valence-corrected chi connectivity index (χ2v) is 5.84. The first-order chi connectivity index (χ1) is 7.81. The molecule has 5 nitrogen and oxygen atoms in total. The zero-order valence-electron chi connectivity index (χ0n) is 10.7. The van der Waals surface area contributed by atoms with Crippen LogP contribution in [0.5, 0.6) is 0 Å². The third kappa shape index (κ3) is 1.60. The smallest absolute Gasteiger partial charge is 0.241 e. The molecule has 4 N–H and O–H groups in total. The van der Waals surface area contributed by atoms with Gasteiger partial charge in [-0.15, -0.1) is 0 Å². The summed E-state index contributed by atoms with van der Waals surface area (Å²) in [4.78, 5) is 12.2. The van der Waals surface area contributed by atoms with Crippen molar-refractivity contribution in [2.75, 3.05) is 13.2 Å². The maximum Gasteiger partial charge on any atom is 0.241 e. The Labute approximate surface area is 102 Å². The van der Waals surface area contributed by atoms with E-state index in [1.165, 1.54) is 0 Å². The Kier molecular flexibility index (Phi) is 2.96. The van der Waals surface area contributed by atoms with Crippen LogP contribution in [0.4, 0.5) is 0 Å². The summed E-state index contributed by atoms with van der Waals surface area (Å²) in [7, 11) is 0. The Balaban J connectivity index is 2.10. The van der Waals surface area contributed by atoms with E-state index in [4.69, 9.17) is 10.5 Å². The van der Waals surface area contributed by atoms with Gasteiger partial charge in [0.25, 0.3) is 0 Å². The highest BCUT2D eigenvalue weighted by molar-refractivity contribution is 5.89. The van der Waals surface area contributed by atoms with Gasteiger partial charge < -0.3 is 20.9 Å². The van der Waals surface area contributed by atoms with Gasteiger partial charge in [-0.3, -0.25) is 4.79 Å². The fourth-order valence-electron chi connectivity index (χ4n) is 3.23. The van der Waals surface area contributed by atoms with Gasteiger partial charge in [-0.05, 0) is 13.3 Å². The Morgan fingerprint density at radius 1 is 1.65 bits per heavy atom. The lowest BCUT2D eigenvalue weighted by Gasteiger charge is -2.60. The molecule has 5 heteroatoms. The predicted molar refractivity (Wildman–Crippen MR) is 63.2 cm³/mol. The minimum atomic E-state index is -0.872. The van der Waals surface area contributed by atoms with Gasteiger partial charge in [0, 0.05) is 24.5 Å². The van der Waals surface area contributed by atoms with Crippen LogP contribution in [-0.4, -0.2) is 41.9 Å². The number of carbonyl (C=O) groups is 1. The van der Waals surface area contributed by atoms with Crippen molar-refractivity contribution < 1.29 is 14.6 Å². The third-order valence-corrected chi connectivity index (χ3v) is 4.39. The van der Waals surface area contributed by atoms with Gasteiger partial charge in [-0.1, -0.05) is 13.8 Å². The van der Waals surface area contributed by atoms with Gasteiger partial charge in [0.2, 0.25) is 5.91 Å². The molecule has 1 saturated carbocycles. The summed E-state index contributed by atoms with van der Waals surface area (Å²) in [5, 5.41) is 11.9. The normalized spacial score (nSPS) is 40.3. The number of hydrogen-bond acceptors (Lipinski definition) is 4. The van der Waals surface area contributed by atoms with Crippen LogP contribution in [0, 0.1) is 11.3 Å². The van der Waals surface area contributed by atoms with Crippen LogP contribution in [0.3, 0.4) is 0 Å². The number of aliphatic hydroxyl groups excluding tert-OH is 1. The lowest BCUT2D eigenvalue weighted by atomic mass is 9.48. The molecule has 1 heterocycles. The molecule has 1 saturated heterocycles. The number of amides is 1. The van der Waals surface area contributed by atoms with Crippen molar-refractivity contribution in [3.63, 3.8) is 0 Å². The molecule has 1 aliphatic heterocycles. The van der Waals surface area contributed by atoms with E-state index < -0.39 is 11.6 Å². The first kappa shape index (κ1) is 12.8. The average Bonchev–Trinajstić information content (AvgIpc) is 2.72. The van der Waals surface area contributed by atoms with Crippen LogP contribution in [0.1, 0.15) is 27.2 Å². The SMILES string of the molecule is C[C@H](O)CNC(=O)C1(N)C2CCOC2C1(C)C. The zero-order chi connectivity index (χ0) is 12.8. The highest BCUT2D eigenvalue weighted by atomic mass is 16.5. The number of rotatable bonds is 3. The number of fused-ring (bicyclic) bond motifs is 1. The maximum atomic E-state index is 12.2. The second kappa shape index (κ2) is 3.93. The maximum absolute atomic E-state index is 12.2. The summed E-state index contributed by atoms with van der Waals surface area (Å²) in [6, 6.07) is 0. The molecular weight excluding hydrogens is 220 g/mol. The topological polar surface area (TPSA) is 84.6 Å². The van der Waals surface area contributed by atoms with Crippen molar-refractivity contribution in [1.29, 1.82) is 0 Å². The first-order valence-electron chi connectivity index (χ1n) is 6.18. The molecule has 2 aliphatic rings. The van der Waals surface area contributed by atoms with Crippen molar-refractivity contribution in [1.82, 2.24) is 5.32 Å². The Morgan fingerprint density at radius 3 is 2.88 bits per heavy atom. The van der Waals surface area contributed by atoms with E-state index in [1.54, 1.807) is 6.92 Å². The summed E-state index contributed by atoms with van der Waals surface area (Å²) in [5.41, 5.74) is 5.10.